The van der Waals surface area contributed by atoms with Crippen molar-refractivity contribution in [3.8, 4) is 0 Å². The van der Waals surface area contributed by atoms with Gasteiger partial charge >= 0.3 is 5.97 Å². The van der Waals surface area contributed by atoms with E-state index < -0.39 is 110 Å². The van der Waals surface area contributed by atoms with Crippen LogP contribution in [-0.4, -0.2) is 166 Å². The molecule has 16 nitrogen and oxygen atoms in total. The molecule has 14 atom stereocenters. The summed E-state index contributed by atoms with van der Waals surface area (Å²) in [4.78, 5) is 26.0. The molecule has 0 aromatic rings. The maximum atomic E-state index is 13.9. The molecule has 2 aliphatic rings. The number of hydrogen-bond donors (Lipinski definition) is 11. The fraction of sp³-hybridized carbons (Fsp3) is 0.900. The molecular weight excluding hydrogens is 496 g/mol. The van der Waals surface area contributed by atoms with E-state index in [0.29, 0.717) is 0 Å². The first-order valence-electron chi connectivity index (χ1n) is 11.1. The molecule has 2 fully saturated rings. The SMILES string of the molecule is CC(=O)O[C@](C(=O)C1O[C@@H](C)[C@H](O)[C@@H](O)[C@H]1O)(C1O[C@H](CO)[C@@H](O)[C@H](O)[C@@H]1O)[C@@H](O)[C@@H](O)[C@H](O)CO. The van der Waals surface area contributed by atoms with Gasteiger partial charge in [0.05, 0.1) is 19.3 Å². The highest BCUT2D eigenvalue weighted by molar-refractivity contribution is 5.95. The van der Waals surface area contributed by atoms with Crippen molar-refractivity contribution < 1.29 is 80.0 Å². The van der Waals surface area contributed by atoms with Crippen LogP contribution in [0.5, 0.6) is 0 Å². The zero-order valence-corrected chi connectivity index (χ0v) is 19.4. The summed E-state index contributed by atoms with van der Waals surface area (Å²) >= 11 is 0. The van der Waals surface area contributed by atoms with Gasteiger partial charge in [-0.25, -0.2) is 0 Å². The molecule has 0 radical (unpaired) electrons. The van der Waals surface area contributed by atoms with E-state index in [9.17, 15) is 65.8 Å². The molecule has 16 heteroatoms. The Balaban J connectivity index is 2.75. The van der Waals surface area contributed by atoms with Crippen molar-refractivity contribution in [2.45, 2.75) is 98.8 Å². The smallest absolute Gasteiger partial charge is 0.303 e. The summed E-state index contributed by atoms with van der Waals surface area (Å²) in [7, 11) is 0. The minimum atomic E-state index is -3.36. The molecule has 2 aliphatic heterocycles. The Kier molecular flexibility index (Phi) is 10.3. The molecule has 2 rings (SSSR count). The Labute approximate surface area is 204 Å². The normalized spacial score (nSPS) is 41.6. The summed E-state index contributed by atoms with van der Waals surface area (Å²) in [5.74, 6) is -3.02. The van der Waals surface area contributed by atoms with E-state index in [1.165, 1.54) is 6.92 Å². The molecule has 11 N–H and O–H groups in total. The summed E-state index contributed by atoms with van der Waals surface area (Å²) < 4.78 is 15.7. The van der Waals surface area contributed by atoms with Crippen LogP contribution < -0.4 is 0 Å². The second-order valence-corrected chi connectivity index (χ2v) is 8.92. The lowest BCUT2D eigenvalue weighted by Crippen LogP contribution is -2.76. The lowest BCUT2D eigenvalue weighted by Gasteiger charge is -2.51. The van der Waals surface area contributed by atoms with Crippen molar-refractivity contribution in [1.29, 1.82) is 0 Å². The topological polar surface area (TPSA) is 284 Å². The maximum absolute atomic E-state index is 13.9. The van der Waals surface area contributed by atoms with Gasteiger partial charge in [-0.15, -0.1) is 0 Å². The molecule has 0 aliphatic carbocycles. The van der Waals surface area contributed by atoms with E-state index in [2.05, 4.69) is 0 Å². The third kappa shape index (κ3) is 5.41. The van der Waals surface area contributed by atoms with Crippen molar-refractivity contribution >= 4 is 11.8 Å². The van der Waals surface area contributed by atoms with Gasteiger partial charge in [-0.2, -0.15) is 0 Å². The number of esters is 1. The third-order valence-corrected chi connectivity index (χ3v) is 6.47. The van der Waals surface area contributed by atoms with Crippen LogP contribution in [0.25, 0.3) is 0 Å². The van der Waals surface area contributed by atoms with Crippen LogP contribution in [0.15, 0.2) is 0 Å². The van der Waals surface area contributed by atoms with E-state index in [1.54, 1.807) is 0 Å². The van der Waals surface area contributed by atoms with Crippen LogP contribution in [0.3, 0.4) is 0 Å². The molecule has 0 spiro atoms. The van der Waals surface area contributed by atoms with Crippen LogP contribution in [0.4, 0.5) is 0 Å². The van der Waals surface area contributed by atoms with E-state index in [0.717, 1.165) is 6.92 Å². The highest BCUT2D eigenvalue weighted by atomic mass is 16.6. The van der Waals surface area contributed by atoms with Crippen LogP contribution in [0, 0.1) is 0 Å². The second kappa shape index (κ2) is 12.0. The predicted octanol–water partition coefficient (Wildman–Crippen LogP) is -7.36. The Bertz CT molecular complexity index is 764. The summed E-state index contributed by atoms with van der Waals surface area (Å²) in [6.07, 6.45) is -27.5. The summed E-state index contributed by atoms with van der Waals surface area (Å²) in [5.41, 5.74) is -3.36. The van der Waals surface area contributed by atoms with Crippen LogP contribution in [0.1, 0.15) is 13.8 Å². The lowest BCUT2D eigenvalue weighted by molar-refractivity contribution is -0.295. The Hall–Kier alpha value is -1.38. The predicted molar refractivity (Wildman–Crippen MR) is 111 cm³/mol. The van der Waals surface area contributed by atoms with Crippen LogP contribution in [0.2, 0.25) is 0 Å². The lowest BCUT2D eigenvalue weighted by atomic mass is 9.73. The van der Waals surface area contributed by atoms with Crippen molar-refractivity contribution in [2.24, 2.45) is 0 Å². The van der Waals surface area contributed by atoms with Crippen molar-refractivity contribution in [3.63, 3.8) is 0 Å². The van der Waals surface area contributed by atoms with E-state index >= 15 is 0 Å². The Morgan fingerprint density at radius 3 is 1.92 bits per heavy atom. The van der Waals surface area contributed by atoms with Gasteiger partial charge in [0.2, 0.25) is 11.4 Å². The zero-order chi connectivity index (χ0) is 27.7. The molecule has 36 heavy (non-hydrogen) atoms. The third-order valence-electron chi connectivity index (χ3n) is 6.47. The number of ketones is 1. The summed E-state index contributed by atoms with van der Waals surface area (Å²) in [6, 6.07) is 0. The molecule has 0 amide bonds. The average Bonchev–Trinajstić information content (AvgIpc) is 2.85. The number of hydrogen-bond acceptors (Lipinski definition) is 16. The van der Waals surface area contributed by atoms with Gasteiger partial charge in [-0.05, 0) is 6.92 Å². The Morgan fingerprint density at radius 2 is 1.42 bits per heavy atom. The molecule has 0 bridgehead atoms. The van der Waals surface area contributed by atoms with Gasteiger partial charge in [-0.3, -0.25) is 9.59 Å². The van der Waals surface area contributed by atoms with E-state index in [-0.39, 0.29) is 0 Å². The van der Waals surface area contributed by atoms with Crippen molar-refractivity contribution in [1.82, 2.24) is 0 Å². The highest BCUT2D eigenvalue weighted by Crippen LogP contribution is 2.39. The minimum Gasteiger partial charge on any atom is -0.445 e. The highest BCUT2D eigenvalue weighted by Gasteiger charge is 2.67. The van der Waals surface area contributed by atoms with Gasteiger partial charge in [0.1, 0.15) is 73.2 Å². The standard InChI is InChI=1S/C20H34O16/c1-5-9(25)12(28)14(30)16(34-5)18(33)20(36-6(2)23,17(32)10(26)7(24)3-21)19-15(31)13(29)11(27)8(4-22)35-19/h5,7-17,19,21-22,24-32H,3-4H2,1-2H3/t5-,7+,8+,9-,10-,11+,12+,13-,14+,15-,16?,17-,19?,20+/m0/s1. The Morgan fingerprint density at radius 1 is 0.861 bits per heavy atom. The molecule has 0 aromatic heterocycles. The number of aliphatic hydroxyl groups excluding tert-OH is 11. The van der Waals surface area contributed by atoms with E-state index in [1.807, 2.05) is 0 Å². The molecule has 2 heterocycles. The fourth-order valence-corrected chi connectivity index (χ4v) is 4.38. The zero-order valence-electron chi connectivity index (χ0n) is 19.4. The quantitative estimate of drug-likeness (QED) is 0.123. The maximum Gasteiger partial charge on any atom is 0.303 e. The molecule has 2 unspecified atom stereocenters. The molecule has 210 valence electrons. The second-order valence-electron chi connectivity index (χ2n) is 8.92. The molecule has 0 aromatic carbocycles. The largest absolute Gasteiger partial charge is 0.445 e. The van der Waals surface area contributed by atoms with Gasteiger partial charge in [0.15, 0.2) is 0 Å². The average molecular weight is 530 g/mol. The summed E-state index contributed by atoms with van der Waals surface area (Å²) in [6.45, 7) is -0.273. The first-order valence-corrected chi connectivity index (χ1v) is 11.1. The fourth-order valence-electron chi connectivity index (χ4n) is 4.38. The number of carbonyl (C=O) groups is 2. The number of rotatable bonds is 9. The number of Topliss-reactive ketones (excluding diaryl/α,β-unsaturated/α-hetero) is 1. The minimum absolute atomic E-state index is 0.729. The summed E-state index contributed by atoms with van der Waals surface area (Å²) in [5, 5.41) is 112. The number of aliphatic hydroxyl groups is 11. The van der Waals surface area contributed by atoms with Crippen molar-refractivity contribution in [2.75, 3.05) is 13.2 Å². The van der Waals surface area contributed by atoms with Crippen LogP contribution >= 0.6 is 0 Å². The molecule has 2 saturated heterocycles. The molecular formula is C20H34O16. The monoisotopic (exact) mass is 530 g/mol. The van der Waals surface area contributed by atoms with Gasteiger partial charge in [0, 0.05) is 6.92 Å². The van der Waals surface area contributed by atoms with Crippen molar-refractivity contribution in [3.05, 3.63) is 0 Å². The van der Waals surface area contributed by atoms with Gasteiger partial charge < -0.3 is 70.4 Å². The number of ether oxygens (including phenoxy) is 3. The van der Waals surface area contributed by atoms with E-state index in [4.69, 9.17) is 14.2 Å². The van der Waals surface area contributed by atoms with Gasteiger partial charge in [-0.1, -0.05) is 0 Å². The van der Waals surface area contributed by atoms with Crippen LogP contribution in [-0.2, 0) is 23.8 Å². The van der Waals surface area contributed by atoms with Gasteiger partial charge in [0.25, 0.3) is 0 Å². The first kappa shape index (κ1) is 30.8. The molecule has 0 saturated carbocycles. The first-order chi connectivity index (χ1) is 16.7. The number of carbonyl (C=O) groups excluding carboxylic acids is 2.